The molecule has 102 valence electrons. The molecule has 1 unspecified atom stereocenters. The number of nitrogens with zero attached hydrogens (tertiary/aromatic N) is 2. The van der Waals surface area contributed by atoms with Crippen LogP contribution in [0, 0.1) is 0 Å². The molecule has 1 atom stereocenters. The first kappa shape index (κ1) is 13.7. The number of rotatable bonds is 5. The number of hydrogen-bond donors (Lipinski definition) is 3. The van der Waals surface area contributed by atoms with E-state index < -0.39 is 11.6 Å². The third kappa shape index (κ3) is 2.82. The number of aryl methyl sites for hydroxylation is 1. The van der Waals surface area contributed by atoms with E-state index in [1.54, 1.807) is 0 Å². The molecule has 0 saturated carbocycles. The lowest BCUT2D eigenvalue weighted by atomic mass is 10.1. The normalized spacial score (nSPS) is 14.3. The van der Waals surface area contributed by atoms with Crippen molar-refractivity contribution in [2.75, 3.05) is 11.9 Å². The molecule has 0 saturated heterocycles. The van der Waals surface area contributed by atoms with Gasteiger partial charge in [-0.25, -0.2) is 14.8 Å². The maximum atomic E-state index is 10.9. The summed E-state index contributed by atoms with van der Waals surface area (Å²) < 4.78 is 0. The minimum absolute atomic E-state index is 0.118. The first-order valence-corrected chi connectivity index (χ1v) is 6.76. The SMILES string of the molecule is CCc1nc(NCC(C)(O)C(=O)O)c2ccsc2n1. The number of carboxylic acids is 1. The van der Waals surface area contributed by atoms with Gasteiger partial charge in [-0.15, -0.1) is 11.3 Å². The Morgan fingerprint density at radius 1 is 1.53 bits per heavy atom. The smallest absolute Gasteiger partial charge is 0.337 e. The molecule has 6 nitrogen and oxygen atoms in total. The summed E-state index contributed by atoms with van der Waals surface area (Å²) in [5.74, 6) is -0.0247. The zero-order valence-electron chi connectivity index (χ0n) is 10.7. The van der Waals surface area contributed by atoms with E-state index in [0.717, 1.165) is 10.2 Å². The predicted octanol–water partition coefficient (Wildman–Crippen LogP) is 1.50. The van der Waals surface area contributed by atoms with Gasteiger partial charge in [-0.1, -0.05) is 6.92 Å². The zero-order valence-corrected chi connectivity index (χ0v) is 11.5. The van der Waals surface area contributed by atoms with Crippen molar-refractivity contribution in [3.8, 4) is 0 Å². The molecule has 7 heteroatoms. The quantitative estimate of drug-likeness (QED) is 0.768. The number of carbonyl (C=O) groups is 1. The average molecular weight is 281 g/mol. The fourth-order valence-corrected chi connectivity index (χ4v) is 2.31. The third-order valence-corrected chi connectivity index (χ3v) is 3.56. The molecule has 2 aromatic rings. The van der Waals surface area contributed by atoms with E-state index >= 15 is 0 Å². The molecule has 2 heterocycles. The molecule has 0 amide bonds. The number of carboxylic acid groups (broad SMARTS) is 1. The van der Waals surface area contributed by atoms with Crippen LogP contribution in [0.15, 0.2) is 11.4 Å². The number of hydrogen-bond acceptors (Lipinski definition) is 6. The second kappa shape index (κ2) is 5.10. The molecule has 0 aliphatic rings. The van der Waals surface area contributed by atoms with Crippen LogP contribution in [-0.2, 0) is 11.2 Å². The predicted molar refractivity (Wildman–Crippen MR) is 73.5 cm³/mol. The molecule has 2 rings (SSSR count). The standard InChI is InChI=1S/C12H15N3O3S/c1-3-8-14-9(7-4-5-19-10(7)15-8)13-6-12(2,18)11(16)17/h4-5,18H,3,6H2,1-2H3,(H,16,17)(H,13,14,15). The second-order valence-corrected chi connectivity index (χ2v) is 5.31. The Kier molecular flexibility index (Phi) is 3.68. The van der Waals surface area contributed by atoms with Gasteiger partial charge in [0.1, 0.15) is 16.5 Å². The Balaban J connectivity index is 2.29. The van der Waals surface area contributed by atoms with Crippen LogP contribution in [0.4, 0.5) is 5.82 Å². The fraction of sp³-hybridized carbons (Fsp3) is 0.417. The van der Waals surface area contributed by atoms with E-state index in [1.165, 1.54) is 18.3 Å². The maximum absolute atomic E-state index is 10.9. The first-order chi connectivity index (χ1) is 8.94. The number of aromatic nitrogens is 2. The monoisotopic (exact) mass is 281 g/mol. The molecular formula is C12H15N3O3S. The van der Waals surface area contributed by atoms with Crippen molar-refractivity contribution in [2.45, 2.75) is 25.9 Å². The summed E-state index contributed by atoms with van der Waals surface area (Å²) in [6.45, 7) is 3.08. The van der Waals surface area contributed by atoms with Crippen molar-refractivity contribution in [1.29, 1.82) is 0 Å². The van der Waals surface area contributed by atoms with Crippen LogP contribution in [0.1, 0.15) is 19.7 Å². The minimum atomic E-state index is -1.83. The molecule has 0 bridgehead atoms. The Morgan fingerprint density at radius 3 is 2.89 bits per heavy atom. The highest BCUT2D eigenvalue weighted by Gasteiger charge is 2.29. The summed E-state index contributed by atoms with van der Waals surface area (Å²) >= 11 is 1.50. The van der Waals surface area contributed by atoms with Crippen molar-refractivity contribution in [3.63, 3.8) is 0 Å². The van der Waals surface area contributed by atoms with Gasteiger partial charge in [0.2, 0.25) is 0 Å². The highest BCUT2D eigenvalue weighted by atomic mass is 32.1. The Bertz CT molecular complexity index is 609. The third-order valence-electron chi connectivity index (χ3n) is 2.75. The number of anilines is 1. The summed E-state index contributed by atoms with van der Waals surface area (Å²) in [7, 11) is 0. The van der Waals surface area contributed by atoms with Crippen molar-refractivity contribution in [3.05, 3.63) is 17.3 Å². The van der Waals surface area contributed by atoms with Crippen LogP contribution in [0.3, 0.4) is 0 Å². The maximum Gasteiger partial charge on any atom is 0.337 e. The molecular weight excluding hydrogens is 266 g/mol. The summed E-state index contributed by atoms with van der Waals surface area (Å²) in [4.78, 5) is 20.4. The molecule has 0 aliphatic heterocycles. The van der Waals surface area contributed by atoms with E-state index in [4.69, 9.17) is 5.11 Å². The molecule has 0 aliphatic carbocycles. The molecule has 3 N–H and O–H groups in total. The van der Waals surface area contributed by atoms with E-state index in [0.29, 0.717) is 18.1 Å². The Morgan fingerprint density at radius 2 is 2.26 bits per heavy atom. The van der Waals surface area contributed by atoms with Crippen molar-refractivity contribution >= 4 is 33.3 Å². The van der Waals surface area contributed by atoms with Crippen LogP contribution < -0.4 is 5.32 Å². The van der Waals surface area contributed by atoms with Gasteiger partial charge in [0.05, 0.1) is 11.9 Å². The summed E-state index contributed by atoms with van der Waals surface area (Å²) in [5.41, 5.74) is -1.83. The summed E-state index contributed by atoms with van der Waals surface area (Å²) in [6, 6.07) is 1.87. The first-order valence-electron chi connectivity index (χ1n) is 5.88. The minimum Gasteiger partial charge on any atom is -0.479 e. The van der Waals surface area contributed by atoms with Gasteiger partial charge < -0.3 is 15.5 Å². The van der Waals surface area contributed by atoms with Gasteiger partial charge in [0.15, 0.2) is 5.60 Å². The summed E-state index contributed by atoms with van der Waals surface area (Å²) in [6.07, 6.45) is 0.692. The van der Waals surface area contributed by atoms with Gasteiger partial charge in [0, 0.05) is 6.42 Å². The van der Waals surface area contributed by atoms with Gasteiger partial charge in [0.25, 0.3) is 0 Å². The van der Waals surface area contributed by atoms with Crippen molar-refractivity contribution in [2.24, 2.45) is 0 Å². The van der Waals surface area contributed by atoms with Gasteiger partial charge in [-0.3, -0.25) is 0 Å². The average Bonchev–Trinajstić information content (AvgIpc) is 2.83. The van der Waals surface area contributed by atoms with Crippen LogP contribution in [-0.4, -0.2) is 38.3 Å². The lowest BCUT2D eigenvalue weighted by Gasteiger charge is -2.19. The van der Waals surface area contributed by atoms with Crippen LogP contribution in [0.5, 0.6) is 0 Å². The van der Waals surface area contributed by atoms with Gasteiger partial charge in [-0.05, 0) is 18.4 Å². The number of aliphatic hydroxyl groups is 1. The van der Waals surface area contributed by atoms with E-state index in [-0.39, 0.29) is 6.54 Å². The molecule has 0 radical (unpaired) electrons. The zero-order chi connectivity index (χ0) is 14.0. The number of nitrogens with one attached hydrogen (secondary N) is 1. The van der Waals surface area contributed by atoms with Gasteiger partial charge >= 0.3 is 5.97 Å². The topological polar surface area (TPSA) is 95.3 Å². The van der Waals surface area contributed by atoms with Crippen LogP contribution in [0.25, 0.3) is 10.2 Å². The Labute approximate surface area is 114 Å². The largest absolute Gasteiger partial charge is 0.479 e. The second-order valence-electron chi connectivity index (χ2n) is 4.41. The number of thiophene rings is 1. The number of fused-ring (bicyclic) bond motifs is 1. The van der Waals surface area contributed by atoms with Crippen LogP contribution in [0.2, 0.25) is 0 Å². The lowest BCUT2D eigenvalue weighted by Crippen LogP contribution is -2.42. The summed E-state index contributed by atoms with van der Waals surface area (Å²) in [5, 5.41) is 24.2. The van der Waals surface area contributed by atoms with Gasteiger partial charge in [-0.2, -0.15) is 0 Å². The van der Waals surface area contributed by atoms with Crippen molar-refractivity contribution < 1.29 is 15.0 Å². The van der Waals surface area contributed by atoms with Crippen molar-refractivity contribution in [1.82, 2.24) is 9.97 Å². The molecule has 0 spiro atoms. The van der Waals surface area contributed by atoms with E-state index in [1.807, 2.05) is 18.4 Å². The molecule has 0 fully saturated rings. The highest BCUT2D eigenvalue weighted by molar-refractivity contribution is 7.16. The molecule has 2 aromatic heterocycles. The van der Waals surface area contributed by atoms with E-state index in [2.05, 4.69) is 15.3 Å². The lowest BCUT2D eigenvalue weighted by molar-refractivity contribution is -0.155. The Hall–Kier alpha value is -1.73. The molecule has 0 aromatic carbocycles. The van der Waals surface area contributed by atoms with E-state index in [9.17, 15) is 9.90 Å². The van der Waals surface area contributed by atoms with Crippen LogP contribution >= 0.6 is 11.3 Å². The number of aliphatic carboxylic acids is 1. The molecule has 19 heavy (non-hydrogen) atoms. The fourth-order valence-electron chi connectivity index (χ4n) is 1.52. The highest BCUT2D eigenvalue weighted by Crippen LogP contribution is 2.25.